The first kappa shape index (κ1) is 5.77. The van der Waals surface area contributed by atoms with Crippen LogP contribution in [0.5, 0.6) is 0 Å². The number of fused-ring (bicyclic) bond motifs is 1. The zero-order chi connectivity index (χ0) is 7.14. The Hall–Kier alpha value is -0.990. The van der Waals surface area contributed by atoms with Gasteiger partial charge in [0.15, 0.2) is 0 Å². The summed E-state index contributed by atoms with van der Waals surface area (Å²) in [6.07, 6.45) is 3.96. The number of methoxy groups -OCH3 is 1. The molecule has 0 saturated carbocycles. The van der Waals surface area contributed by atoms with E-state index >= 15 is 0 Å². The quantitative estimate of drug-likeness (QED) is 0.460. The lowest BCUT2D eigenvalue weighted by molar-refractivity contribution is 0.0411. The molecule has 2 rings (SSSR count). The van der Waals surface area contributed by atoms with E-state index in [1.165, 1.54) is 7.11 Å². The Balaban J connectivity index is 1.98. The smallest absolute Gasteiger partial charge is 0.410 e. The van der Waals surface area contributed by atoms with Gasteiger partial charge in [0.05, 0.1) is 13.2 Å². The molecule has 2 unspecified atom stereocenters. The summed E-state index contributed by atoms with van der Waals surface area (Å²) < 4.78 is 4.56. The summed E-state index contributed by atoms with van der Waals surface area (Å²) in [6.45, 7) is 0.841. The summed E-state index contributed by atoms with van der Waals surface area (Å²) in [4.78, 5) is 12.6. The average molecular weight is 139 g/mol. The predicted octanol–water partition coefficient (Wildman–Crippen LogP) is 0.623. The Bertz CT molecular complexity index is 200. The van der Waals surface area contributed by atoms with Crippen LogP contribution in [-0.4, -0.2) is 30.7 Å². The van der Waals surface area contributed by atoms with Gasteiger partial charge >= 0.3 is 6.09 Å². The van der Waals surface area contributed by atoms with Crippen LogP contribution in [0.3, 0.4) is 0 Å². The number of carbonyl (C=O) groups excluding carboxylic acids is 1. The highest BCUT2D eigenvalue weighted by Gasteiger charge is 2.43. The molecule has 1 amide bonds. The maximum absolute atomic E-state index is 10.9. The molecular formula is C7H9NO2. The zero-order valence-corrected chi connectivity index (χ0v) is 5.78. The van der Waals surface area contributed by atoms with Crippen molar-refractivity contribution in [1.82, 2.24) is 4.90 Å². The predicted molar refractivity (Wildman–Crippen MR) is 35.5 cm³/mol. The number of likely N-dealkylation sites (tertiary alicyclic amines) is 1. The second-order valence-electron chi connectivity index (χ2n) is 2.66. The fourth-order valence-corrected chi connectivity index (χ4v) is 1.40. The van der Waals surface area contributed by atoms with E-state index in [1.807, 2.05) is 6.08 Å². The van der Waals surface area contributed by atoms with Gasteiger partial charge in [-0.3, -0.25) is 0 Å². The second-order valence-corrected chi connectivity index (χ2v) is 2.66. The summed E-state index contributed by atoms with van der Waals surface area (Å²) in [5.41, 5.74) is 0. The summed E-state index contributed by atoms with van der Waals surface area (Å²) >= 11 is 0. The van der Waals surface area contributed by atoms with Gasteiger partial charge in [-0.2, -0.15) is 0 Å². The van der Waals surface area contributed by atoms with E-state index in [2.05, 4.69) is 10.8 Å². The van der Waals surface area contributed by atoms with Gasteiger partial charge in [0.25, 0.3) is 0 Å². The molecule has 2 aliphatic rings. The minimum Gasteiger partial charge on any atom is -0.453 e. The first-order valence-corrected chi connectivity index (χ1v) is 3.36. The number of ether oxygens (including phenoxy) is 1. The fraction of sp³-hybridized carbons (Fsp3) is 0.571. The SMILES string of the molecule is COC(=O)N1CC2C=CC21. The van der Waals surface area contributed by atoms with Crippen molar-refractivity contribution in [2.24, 2.45) is 5.92 Å². The summed E-state index contributed by atoms with van der Waals surface area (Å²) in [7, 11) is 1.41. The van der Waals surface area contributed by atoms with Crippen molar-refractivity contribution in [1.29, 1.82) is 0 Å². The summed E-state index contributed by atoms with van der Waals surface area (Å²) in [5, 5.41) is 0. The maximum Gasteiger partial charge on any atom is 0.410 e. The van der Waals surface area contributed by atoms with Gasteiger partial charge in [0, 0.05) is 12.5 Å². The molecule has 1 fully saturated rings. The van der Waals surface area contributed by atoms with Crippen molar-refractivity contribution in [3.8, 4) is 0 Å². The third kappa shape index (κ3) is 0.523. The Morgan fingerprint density at radius 1 is 1.70 bits per heavy atom. The largest absolute Gasteiger partial charge is 0.453 e. The van der Waals surface area contributed by atoms with E-state index in [4.69, 9.17) is 0 Å². The third-order valence-corrected chi connectivity index (χ3v) is 2.17. The molecule has 0 aromatic rings. The first-order valence-electron chi connectivity index (χ1n) is 3.36. The van der Waals surface area contributed by atoms with Gasteiger partial charge in [0.2, 0.25) is 0 Å². The Morgan fingerprint density at radius 2 is 2.50 bits per heavy atom. The molecule has 0 aromatic carbocycles. The lowest BCUT2D eigenvalue weighted by Gasteiger charge is -2.49. The van der Waals surface area contributed by atoms with Gasteiger partial charge in [-0.05, 0) is 0 Å². The number of rotatable bonds is 0. The molecule has 10 heavy (non-hydrogen) atoms. The molecule has 3 heteroatoms. The third-order valence-electron chi connectivity index (χ3n) is 2.17. The van der Waals surface area contributed by atoms with E-state index in [-0.39, 0.29) is 6.09 Å². The molecule has 1 aliphatic heterocycles. The van der Waals surface area contributed by atoms with Gasteiger partial charge in [-0.15, -0.1) is 0 Å². The second kappa shape index (κ2) is 1.75. The van der Waals surface area contributed by atoms with E-state index in [0.717, 1.165) is 6.54 Å². The van der Waals surface area contributed by atoms with Crippen LogP contribution >= 0.6 is 0 Å². The molecule has 1 heterocycles. The van der Waals surface area contributed by atoms with Crippen molar-refractivity contribution < 1.29 is 9.53 Å². The summed E-state index contributed by atoms with van der Waals surface area (Å²) in [5.74, 6) is 0.624. The normalized spacial score (nSPS) is 33.9. The van der Waals surface area contributed by atoms with Crippen LogP contribution in [0.25, 0.3) is 0 Å². The van der Waals surface area contributed by atoms with Crippen LogP contribution in [0.1, 0.15) is 0 Å². The molecule has 2 atom stereocenters. The molecule has 0 radical (unpaired) electrons. The lowest BCUT2D eigenvalue weighted by atomic mass is 9.80. The van der Waals surface area contributed by atoms with Crippen LogP contribution in [0.4, 0.5) is 4.79 Å². The monoisotopic (exact) mass is 139 g/mol. The van der Waals surface area contributed by atoms with E-state index < -0.39 is 0 Å². The van der Waals surface area contributed by atoms with Crippen LogP contribution in [0, 0.1) is 5.92 Å². The van der Waals surface area contributed by atoms with Gasteiger partial charge < -0.3 is 9.64 Å². The molecule has 0 N–H and O–H groups in total. The van der Waals surface area contributed by atoms with Crippen LogP contribution < -0.4 is 0 Å². The van der Waals surface area contributed by atoms with Gasteiger partial charge in [-0.1, -0.05) is 12.2 Å². The zero-order valence-electron chi connectivity index (χ0n) is 5.78. The van der Waals surface area contributed by atoms with E-state index in [1.54, 1.807) is 4.90 Å². The Labute approximate surface area is 59.3 Å². The Morgan fingerprint density at radius 3 is 2.80 bits per heavy atom. The highest BCUT2D eigenvalue weighted by molar-refractivity contribution is 5.70. The highest BCUT2D eigenvalue weighted by Crippen LogP contribution is 2.34. The number of hydrogen-bond acceptors (Lipinski definition) is 2. The first-order chi connectivity index (χ1) is 4.83. The molecule has 0 bridgehead atoms. The number of amides is 1. The van der Waals surface area contributed by atoms with Crippen LogP contribution in [-0.2, 0) is 4.74 Å². The molecule has 0 spiro atoms. The van der Waals surface area contributed by atoms with E-state index in [0.29, 0.717) is 12.0 Å². The number of nitrogens with zero attached hydrogens (tertiary/aromatic N) is 1. The fourth-order valence-electron chi connectivity index (χ4n) is 1.40. The van der Waals surface area contributed by atoms with Crippen molar-refractivity contribution in [3.05, 3.63) is 12.2 Å². The molecular weight excluding hydrogens is 130 g/mol. The molecule has 3 nitrogen and oxygen atoms in total. The van der Waals surface area contributed by atoms with Crippen LogP contribution in [0.15, 0.2) is 12.2 Å². The van der Waals surface area contributed by atoms with Crippen LogP contribution in [0.2, 0.25) is 0 Å². The molecule has 54 valence electrons. The number of carbonyl (C=O) groups is 1. The average Bonchev–Trinajstić information content (AvgIpc) is 1.93. The topological polar surface area (TPSA) is 29.5 Å². The lowest BCUT2D eigenvalue weighted by Crippen LogP contribution is -2.60. The van der Waals surface area contributed by atoms with Gasteiger partial charge in [-0.25, -0.2) is 4.79 Å². The molecule has 1 aliphatic carbocycles. The molecule has 0 aromatic heterocycles. The standard InChI is InChI=1S/C7H9NO2/c1-10-7(9)8-4-5-2-3-6(5)8/h2-3,5-6H,4H2,1H3. The summed E-state index contributed by atoms with van der Waals surface area (Å²) in [6, 6.07) is 0.354. The van der Waals surface area contributed by atoms with Crippen molar-refractivity contribution in [2.75, 3.05) is 13.7 Å². The number of hydrogen-bond donors (Lipinski definition) is 0. The van der Waals surface area contributed by atoms with Crippen molar-refractivity contribution in [3.63, 3.8) is 0 Å². The van der Waals surface area contributed by atoms with E-state index in [9.17, 15) is 4.79 Å². The van der Waals surface area contributed by atoms with Crippen molar-refractivity contribution in [2.45, 2.75) is 6.04 Å². The Kier molecular flexibility index (Phi) is 1.01. The minimum atomic E-state index is -0.203. The van der Waals surface area contributed by atoms with Gasteiger partial charge in [0.1, 0.15) is 0 Å². The molecule has 1 saturated heterocycles. The minimum absolute atomic E-state index is 0.203. The highest BCUT2D eigenvalue weighted by atomic mass is 16.5. The van der Waals surface area contributed by atoms with Crippen molar-refractivity contribution >= 4 is 6.09 Å². The maximum atomic E-state index is 10.9.